The Balaban J connectivity index is 0.000000310. The largest absolute Gasteiger partial charge is 2.00 e. The van der Waals surface area contributed by atoms with E-state index in [1.165, 1.54) is 99.2 Å². The third-order valence-corrected chi connectivity index (χ3v) is 12.0. The zero-order valence-electron chi connectivity index (χ0n) is 50.2. The summed E-state index contributed by atoms with van der Waals surface area (Å²) in [4.78, 5) is 60.0. The molecular weight excluding hydrogens is 1250 g/mol. The molecule has 0 aromatic heterocycles. The van der Waals surface area contributed by atoms with Gasteiger partial charge in [0.25, 0.3) is 0 Å². The minimum atomic E-state index is -0.187. The molecule has 2 aliphatic rings. The van der Waals surface area contributed by atoms with E-state index in [4.69, 9.17) is 20.0 Å². The first-order valence-electron chi connectivity index (χ1n) is 27.0. The topological polar surface area (TPSA) is 210 Å². The number of carbonyl (C=O) groups excluding carboxylic acids is 4. The van der Waals surface area contributed by atoms with Crippen molar-refractivity contribution in [2.75, 3.05) is 0 Å². The van der Waals surface area contributed by atoms with Gasteiger partial charge in [0.1, 0.15) is 0 Å². The number of ketones is 4. The van der Waals surface area contributed by atoms with Gasteiger partial charge in [-0.1, -0.05) is 171 Å². The molecule has 440 valence electrons. The minimum absolute atomic E-state index is 0. The van der Waals surface area contributed by atoms with E-state index < -0.39 is 0 Å². The molecule has 8 aromatic carbocycles. The molecule has 12 nitrogen and oxygen atoms in total. The predicted molar refractivity (Wildman–Crippen MR) is 335 cm³/mol. The number of allylic oxidation sites excluding steroid dienone is 8. The molecule has 0 heterocycles. The number of aliphatic imine (C=N–C) groups is 4. The molecule has 0 saturated carbocycles. The molecule has 0 N–H and O–H groups in total. The van der Waals surface area contributed by atoms with Crippen LogP contribution in [0.2, 0.25) is 0 Å². The molecular formula is C72H68N4O8Ru2. The van der Waals surface area contributed by atoms with Crippen molar-refractivity contribution >= 4 is 90.3 Å². The van der Waals surface area contributed by atoms with Gasteiger partial charge in [-0.3, -0.25) is 19.2 Å². The Morgan fingerprint density at radius 3 is 0.605 bits per heavy atom. The Kier molecular flexibility index (Phi) is 28.8. The van der Waals surface area contributed by atoms with E-state index in [1.807, 2.05) is 0 Å². The third-order valence-electron chi connectivity index (χ3n) is 12.0. The van der Waals surface area contributed by atoms with Gasteiger partial charge in [-0.05, 0) is 139 Å². The fraction of sp³-hybridized carbons (Fsp3) is 0.167. The second-order valence-electron chi connectivity index (χ2n) is 20.1. The molecule has 0 spiro atoms. The van der Waals surface area contributed by atoms with Crippen LogP contribution in [0.5, 0.6) is 0 Å². The standard InChI is InChI=1S/2C26H20N2.4C5H8O2.2Ru/c2*1-17-9-13-20(14-10-17)27-25-22-7-3-5-19-6-4-8-23(24(19)22)26(25)28-21-15-11-18(2)12-16-21;4*1-4(6)3-5(2)7;;/h2*3-16H,1-2H3;4*3,6H,1-2H3;;/q;;;;;;2*+2/p-4/b;;4*4-3-;;. The van der Waals surface area contributed by atoms with E-state index >= 15 is 0 Å². The molecule has 8 aromatic rings. The summed E-state index contributed by atoms with van der Waals surface area (Å²) in [5.41, 5.74) is 17.1. The van der Waals surface area contributed by atoms with Crippen LogP contribution in [0.1, 0.15) is 99.9 Å². The van der Waals surface area contributed by atoms with Crippen molar-refractivity contribution in [2.45, 2.75) is 83.1 Å². The molecule has 0 radical (unpaired) electrons. The molecule has 0 unspecified atom stereocenters. The number of hydrogen-bond acceptors (Lipinski definition) is 12. The zero-order chi connectivity index (χ0) is 61.6. The van der Waals surface area contributed by atoms with E-state index in [9.17, 15) is 39.6 Å². The van der Waals surface area contributed by atoms with Crippen LogP contribution in [0.3, 0.4) is 0 Å². The van der Waals surface area contributed by atoms with Crippen molar-refractivity contribution < 1.29 is 78.6 Å². The molecule has 10 rings (SSSR count). The van der Waals surface area contributed by atoms with E-state index in [2.05, 4.69) is 198 Å². The molecule has 0 saturated heterocycles. The smallest absolute Gasteiger partial charge is 0.876 e. The average Bonchev–Trinajstić information content (AvgIpc) is 1.67. The average molecular weight is 1320 g/mol. The fourth-order valence-corrected chi connectivity index (χ4v) is 8.57. The monoisotopic (exact) mass is 1320 g/mol. The quantitative estimate of drug-likeness (QED) is 0.0809. The summed E-state index contributed by atoms with van der Waals surface area (Å²) < 4.78 is 0. The summed E-state index contributed by atoms with van der Waals surface area (Å²) in [6.45, 7) is 19.2. The van der Waals surface area contributed by atoms with Crippen molar-refractivity contribution in [3.8, 4) is 0 Å². The summed E-state index contributed by atoms with van der Waals surface area (Å²) in [7, 11) is 0. The van der Waals surface area contributed by atoms with Gasteiger partial charge >= 0.3 is 39.0 Å². The summed E-state index contributed by atoms with van der Waals surface area (Å²) in [5, 5.41) is 44.8. The Morgan fingerprint density at radius 1 is 0.291 bits per heavy atom. The Morgan fingerprint density at radius 2 is 0.465 bits per heavy atom. The maximum Gasteiger partial charge on any atom is 2.00 e. The van der Waals surface area contributed by atoms with Crippen molar-refractivity contribution in [2.24, 2.45) is 20.0 Å². The fourth-order valence-electron chi connectivity index (χ4n) is 8.57. The zero-order valence-corrected chi connectivity index (χ0v) is 53.7. The van der Waals surface area contributed by atoms with Crippen LogP contribution >= 0.6 is 0 Å². The van der Waals surface area contributed by atoms with Crippen LogP contribution in [0.4, 0.5) is 22.7 Å². The van der Waals surface area contributed by atoms with Gasteiger partial charge in [-0.2, -0.15) is 0 Å². The van der Waals surface area contributed by atoms with Crippen LogP contribution in [-0.4, -0.2) is 46.0 Å². The summed E-state index contributed by atoms with van der Waals surface area (Å²) in [5.74, 6) is -1.50. The van der Waals surface area contributed by atoms with Crippen LogP contribution in [0.15, 0.2) is 237 Å². The van der Waals surface area contributed by atoms with Crippen LogP contribution in [0.25, 0.3) is 21.5 Å². The number of carbonyl (C=O) groups is 4. The van der Waals surface area contributed by atoms with Crippen LogP contribution < -0.4 is 20.4 Å². The molecule has 14 heteroatoms. The maximum atomic E-state index is 9.98. The first-order chi connectivity index (χ1) is 39.9. The van der Waals surface area contributed by atoms with Crippen molar-refractivity contribution in [3.05, 3.63) is 262 Å². The SMILES string of the molecule is CC(=O)/C=C(/C)[O-].CC(=O)/C=C(/C)[O-].CC(=O)/C=C(/C)[O-].CC(=O)/C=C(/C)[O-].Cc1ccc(N=C2C(=Nc3ccc(C)cc3)c3cccc4cccc2c34)cc1.Cc1ccc(N=C2C(=Nc3ccc(C)cc3)c3cccc4cccc2c34)cc1.[Ru+2].[Ru+2]. The predicted octanol–water partition coefficient (Wildman–Crippen LogP) is 12.8. The van der Waals surface area contributed by atoms with Gasteiger partial charge in [0.05, 0.1) is 45.6 Å². The molecule has 0 amide bonds. The molecule has 0 atom stereocenters. The van der Waals surface area contributed by atoms with Crippen LogP contribution in [-0.2, 0) is 58.1 Å². The van der Waals surface area contributed by atoms with Crippen molar-refractivity contribution in [3.63, 3.8) is 0 Å². The summed E-state index contributed by atoms with van der Waals surface area (Å²) in [6, 6.07) is 58.9. The van der Waals surface area contributed by atoms with Crippen molar-refractivity contribution in [1.29, 1.82) is 0 Å². The Bertz CT molecular complexity index is 3420. The number of rotatable bonds is 8. The number of aryl methyl sites for hydroxylation is 4. The summed E-state index contributed by atoms with van der Waals surface area (Å²) >= 11 is 0. The number of nitrogens with zero attached hydrogens (tertiary/aromatic N) is 4. The first kappa shape index (κ1) is 71.3. The van der Waals surface area contributed by atoms with E-state index in [0.29, 0.717) is 0 Å². The summed E-state index contributed by atoms with van der Waals surface area (Å²) in [6.07, 6.45) is 4.22. The Hall–Kier alpha value is -8.95. The minimum Gasteiger partial charge on any atom is -0.876 e. The third kappa shape index (κ3) is 22.6. The van der Waals surface area contributed by atoms with Gasteiger partial charge < -0.3 is 20.4 Å². The second-order valence-corrected chi connectivity index (χ2v) is 20.1. The number of benzene rings is 8. The van der Waals surface area contributed by atoms with Crippen molar-refractivity contribution in [1.82, 2.24) is 0 Å². The van der Waals surface area contributed by atoms with E-state index in [0.717, 1.165) is 92.2 Å². The van der Waals surface area contributed by atoms with Gasteiger partial charge in [0.2, 0.25) is 0 Å². The van der Waals surface area contributed by atoms with Gasteiger partial charge in [0, 0.05) is 33.0 Å². The van der Waals surface area contributed by atoms with Gasteiger partial charge in [-0.25, -0.2) is 20.0 Å². The van der Waals surface area contributed by atoms with E-state index in [1.54, 1.807) is 0 Å². The number of hydrogen-bond donors (Lipinski definition) is 0. The first-order valence-corrected chi connectivity index (χ1v) is 27.0. The van der Waals surface area contributed by atoms with Crippen LogP contribution in [0, 0.1) is 27.7 Å². The molecule has 0 fully saturated rings. The Labute approximate surface area is 530 Å². The normalized spacial score (nSPS) is 13.9. The molecule has 0 aliphatic heterocycles. The van der Waals surface area contributed by atoms with Gasteiger partial charge in [0.15, 0.2) is 23.1 Å². The molecule has 0 bridgehead atoms. The molecule has 2 aliphatic carbocycles. The second kappa shape index (κ2) is 34.7. The molecule has 86 heavy (non-hydrogen) atoms. The van der Waals surface area contributed by atoms with E-state index in [-0.39, 0.29) is 85.1 Å². The maximum absolute atomic E-state index is 9.98. The van der Waals surface area contributed by atoms with Gasteiger partial charge in [-0.15, -0.1) is 23.0 Å².